The quantitative estimate of drug-likeness (QED) is 0.0336. The van der Waals surface area contributed by atoms with Gasteiger partial charge in [-0.15, -0.1) is 0 Å². The molecule has 114 heavy (non-hydrogen) atoms. The Morgan fingerprint density at radius 1 is 0.246 bits per heavy atom. The predicted octanol–water partition coefficient (Wildman–Crippen LogP) is 28.2. The number of nitrogens with zero attached hydrogens (tertiary/aromatic N) is 2. The summed E-state index contributed by atoms with van der Waals surface area (Å²) in [6, 6.07) is 0. The van der Waals surface area contributed by atoms with Crippen molar-refractivity contribution in [2.75, 3.05) is 52.4 Å². The molecule has 2 amide bonds. The van der Waals surface area contributed by atoms with Crippen molar-refractivity contribution < 1.29 is 47.7 Å². The Balaban J connectivity index is 5.78. The number of carbonyl (C=O) groups is 6. The van der Waals surface area contributed by atoms with Crippen LogP contribution in [0.2, 0.25) is 0 Å². The minimum Gasteiger partial charge on any atom is -0.462 e. The van der Waals surface area contributed by atoms with Gasteiger partial charge in [0.25, 0.3) is 0 Å². The number of amides is 2. The summed E-state index contributed by atoms with van der Waals surface area (Å²) in [4.78, 5) is 85.4. The van der Waals surface area contributed by atoms with E-state index in [-0.39, 0.29) is 72.9 Å². The van der Waals surface area contributed by atoms with E-state index in [1.54, 1.807) is 0 Å². The summed E-state index contributed by atoms with van der Waals surface area (Å²) in [5.41, 5.74) is -1.05. The van der Waals surface area contributed by atoms with Crippen LogP contribution in [0, 0.1) is 10.8 Å². The molecule has 0 spiro atoms. The Morgan fingerprint density at radius 3 is 0.719 bits per heavy atom. The molecule has 0 fully saturated rings. The van der Waals surface area contributed by atoms with E-state index in [2.05, 4.69) is 104 Å². The molecule has 0 aromatic rings. The monoisotopic (exact) mass is 1610 g/mol. The van der Waals surface area contributed by atoms with E-state index in [9.17, 15) is 28.8 Å². The second kappa shape index (κ2) is 80.8. The van der Waals surface area contributed by atoms with Crippen molar-refractivity contribution in [1.82, 2.24) is 20.4 Å². The van der Waals surface area contributed by atoms with Gasteiger partial charge in [-0.05, 0) is 195 Å². The Bertz CT molecular complexity index is 2000. The van der Waals surface area contributed by atoms with Crippen LogP contribution in [0.25, 0.3) is 0 Å². The van der Waals surface area contributed by atoms with Crippen molar-refractivity contribution in [2.45, 2.75) is 544 Å². The third-order valence-electron chi connectivity index (χ3n) is 24.3. The van der Waals surface area contributed by atoms with E-state index < -0.39 is 10.8 Å². The molecule has 0 radical (unpaired) electrons. The average Bonchev–Trinajstić information content (AvgIpc) is 0.876. The first-order valence-electron chi connectivity index (χ1n) is 50.1. The first kappa shape index (κ1) is 111. The van der Waals surface area contributed by atoms with E-state index in [0.717, 1.165) is 219 Å². The SMILES string of the molecule is CCCCCCCCCCC(CC)OC(=O)CCCCCN(CCCCCCC(C)(C)C(=O)OC(CCCCCCCC)CCCCCCCC)CCNC(=O)CCC(=O)NCCN(CCCCCCC(C)(C)C(=O)OC(CCCCCCCC)CCCCCCCC)CCCCCC(=O)OC(CC)CCCCCCCCCC. The molecule has 2 atom stereocenters. The lowest BCUT2D eigenvalue weighted by Crippen LogP contribution is -2.37. The zero-order valence-electron chi connectivity index (χ0n) is 78.0. The minimum atomic E-state index is -0.527. The van der Waals surface area contributed by atoms with Crippen LogP contribution in [0.4, 0.5) is 0 Å². The van der Waals surface area contributed by atoms with Crippen molar-refractivity contribution in [3.63, 3.8) is 0 Å². The lowest BCUT2D eigenvalue weighted by atomic mass is 9.86. The van der Waals surface area contributed by atoms with Crippen LogP contribution in [-0.2, 0) is 47.7 Å². The van der Waals surface area contributed by atoms with Crippen LogP contribution < -0.4 is 10.6 Å². The molecule has 0 saturated heterocycles. The van der Waals surface area contributed by atoms with Crippen LogP contribution in [-0.4, -0.2) is 122 Å². The molecular formula is C100H194N4O10. The maximum absolute atomic E-state index is 13.8. The van der Waals surface area contributed by atoms with Crippen LogP contribution in [0.15, 0.2) is 0 Å². The molecule has 0 aromatic carbocycles. The number of hydrogen-bond donors (Lipinski definition) is 2. The number of rotatable bonds is 89. The summed E-state index contributed by atoms with van der Waals surface area (Å²) in [5.74, 6) is -0.472. The van der Waals surface area contributed by atoms with Crippen molar-refractivity contribution in [1.29, 1.82) is 0 Å². The van der Waals surface area contributed by atoms with E-state index >= 15 is 0 Å². The first-order valence-corrected chi connectivity index (χ1v) is 50.1. The van der Waals surface area contributed by atoms with Gasteiger partial charge in [-0.3, -0.25) is 28.8 Å². The van der Waals surface area contributed by atoms with Crippen LogP contribution in [0.1, 0.15) is 520 Å². The highest BCUT2D eigenvalue weighted by Crippen LogP contribution is 2.31. The zero-order chi connectivity index (χ0) is 83.9. The molecule has 2 N–H and O–H groups in total. The van der Waals surface area contributed by atoms with Crippen LogP contribution in [0.3, 0.4) is 0 Å². The Morgan fingerprint density at radius 2 is 0.465 bits per heavy atom. The van der Waals surface area contributed by atoms with Crippen LogP contribution in [0.5, 0.6) is 0 Å². The molecular weight excluding hydrogens is 1420 g/mol. The van der Waals surface area contributed by atoms with Gasteiger partial charge in [-0.1, -0.05) is 325 Å². The van der Waals surface area contributed by atoms with Crippen LogP contribution >= 0.6 is 0 Å². The minimum absolute atomic E-state index is 0.00592. The van der Waals surface area contributed by atoms with E-state index in [4.69, 9.17) is 18.9 Å². The van der Waals surface area contributed by atoms with Gasteiger partial charge >= 0.3 is 23.9 Å². The highest BCUT2D eigenvalue weighted by molar-refractivity contribution is 5.83. The normalized spacial score (nSPS) is 12.5. The lowest BCUT2D eigenvalue weighted by molar-refractivity contribution is -0.161. The molecule has 0 heterocycles. The highest BCUT2D eigenvalue weighted by Gasteiger charge is 2.33. The summed E-state index contributed by atoms with van der Waals surface area (Å²) in [7, 11) is 0. The number of carbonyl (C=O) groups excluding carboxylic acids is 6. The second-order valence-corrected chi connectivity index (χ2v) is 36.4. The highest BCUT2D eigenvalue weighted by atomic mass is 16.6. The summed E-state index contributed by atoms with van der Waals surface area (Å²) < 4.78 is 24.7. The van der Waals surface area contributed by atoms with Crippen molar-refractivity contribution in [2.24, 2.45) is 10.8 Å². The smallest absolute Gasteiger partial charge is 0.311 e. The third-order valence-corrected chi connectivity index (χ3v) is 24.3. The number of nitrogens with one attached hydrogen (secondary N) is 2. The van der Waals surface area contributed by atoms with E-state index in [0.29, 0.717) is 39.0 Å². The molecule has 0 saturated carbocycles. The molecule has 2 unspecified atom stereocenters. The number of hydrogen-bond acceptors (Lipinski definition) is 12. The predicted molar refractivity (Wildman–Crippen MR) is 485 cm³/mol. The Hall–Kier alpha value is -3.26. The molecule has 674 valence electrons. The summed E-state index contributed by atoms with van der Waals surface area (Å²) in [6.07, 6.45) is 73.9. The molecule has 0 bridgehead atoms. The molecule has 0 aromatic heterocycles. The van der Waals surface area contributed by atoms with E-state index in [1.165, 1.54) is 218 Å². The molecule has 14 nitrogen and oxygen atoms in total. The van der Waals surface area contributed by atoms with Gasteiger partial charge in [0.15, 0.2) is 0 Å². The fourth-order valence-electron chi connectivity index (χ4n) is 16.0. The largest absolute Gasteiger partial charge is 0.462 e. The van der Waals surface area contributed by atoms with Crippen molar-refractivity contribution >= 4 is 35.7 Å². The Labute approximate surface area is 707 Å². The van der Waals surface area contributed by atoms with Crippen molar-refractivity contribution in [3.8, 4) is 0 Å². The van der Waals surface area contributed by atoms with Crippen molar-refractivity contribution in [3.05, 3.63) is 0 Å². The van der Waals surface area contributed by atoms with Gasteiger partial charge in [-0.2, -0.15) is 0 Å². The lowest BCUT2D eigenvalue weighted by Gasteiger charge is -2.27. The van der Waals surface area contributed by atoms with Gasteiger partial charge < -0.3 is 39.4 Å². The van der Waals surface area contributed by atoms with Gasteiger partial charge in [0.1, 0.15) is 24.4 Å². The van der Waals surface area contributed by atoms with Gasteiger partial charge in [0, 0.05) is 51.9 Å². The molecule has 0 aliphatic carbocycles. The molecule has 0 aliphatic rings. The topological polar surface area (TPSA) is 170 Å². The van der Waals surface area contributed by atoms with Gasteiger partial charge in [0.2, 0.25) is 11.8 Å². The standard InChI is InChI=1S/C100H194N4O10/c1-13-21-27-33-39-41-47-55-69-89(19-7)111-95(107)75-61-53-67-85-103(83-65-51-49-63-79-99(9,10)97(109)113-91(71-57-43-35-29-23-15-3)72-58-44-36-30-24-16-4)87-81-101-93(105)77-78-94(106)102-82-88-104(86-68-54-62-76-96(108)112-90(20-8)70-56-48-42-40-34-28-22-14-2)84-66-52-50-64-80-100(11,12)98(110)114-92(73-59-45-37-31-25-17-5)74-60-46-38-32-26-18-6/h89-92H,13-88H2,1-12H3,(H,101,105)(H,102,106). The zero-order valence-corrected chi connectivity index (χ0v) is 78.0. The average molecular weight is 1610 g/mol. The summed E-state index contributed by atoms with van der Waals surface area (Å²) in [6.45, 7) is 32.1. The number of esters is 4. The summed E-state index contributed by atoms with van der Waals surface area (Å²) >= 11 is 0. The molecule has 0 aliphatic heterocycles. The Kier molecular flexibility index (Phi) is 78.5. The fraction of sp³-hybridized carbons (Fsp3) is 0.940. The van der Waals surface area contributed by atoms with E-state index in [1.807, 2.05) is 0 Å². The molecule has 14 heteroatoms. The number of unbranched alkanes of at least 4 members (excludes halogenated alkanes) is 44. The maximum Gasteiger partial charge on any atom is 0.311 e. The third kappa shape index (κ3) is 70.6. The summed E-state index contributed by atoms with van der Waals surface area (Å²) in [5, 5.41) is 6.28. The number of ether oxygens (including phenoxy) is 4. The van der Waals surface area contributed by atoms with Gasteiger partial charge in [-0.25, -0.2) is 0 Å². The van der Waals surface area contributed by atoms with Gasteiger partial charge in [0.05, 0.1) is 10.8 Å². The fourth-order valence-corrected chi connectivity index (χ4v) is 16.0. The maximum atomic E-state index is 13.8. The first-order chi connectivity index (χ1) is 55.3. The molecule has 0 rings (SSSR count). The second-order valence-electron chi connectivity index (χ2n) is 36.4.